The van der Waals surface area contributed by atoms with Crippen LogP contribution in [0.1, 0.15) is 5.56 Å². The van der Waals surface area contributed by atoms with Crippen molar-refractivity contribution in [2.75, 3.05) is 0 Å². The van der Waals surface area contributed by atoms with Crippen LogP contribution in [0, 0.1) is 17.9 Å². The van der Waals surface area contributed by atoms with Crippen molar-refractivity contribution in [3.63, 3.8) is 0 Å². The standard InChI is InChI=1S/C30H16N2/c1-32-23-12-9-21(10-13-23)24-15-16-28-25-14-11-22(20-7-5-19(18-31)6-8-20)17-29(25)27-4-2-3-26(24)30(27)28/h2-17H. The van der Waals surface area contributed by atoms with Crippen LogP contribution >= 0.6 is 0 Å². The molecule has 32 heavy (non-hydrogen) atoms. The van der Waals surface area contributed by atoms with Gasteiger partial charge in [0.25, 0.3) is 0 Å². The number of nitriles is 1. The van der Waals surface area contributed by atoms with Crippen LogP contribution in [0.5, 0.6) is 0 Å². The number of rotatable bonds is 2. The minimum absolute atomic E-state index is 0.655. The van der Waals surface area contributed by atoms with Crippen LogP contribution in [0.2, 0.25) is 0 Å². The summed E-state index contributed by atoms with van der Waals surface area (Å²) in [5.41, 5.74) is 10.9. The fourth-order valence-corrected chi connectivity index (χ4v) is 4.74. The maximum absolute atomic E-state index is 9.08. The number of benzene rings is 5. The maximum Gasteiger partial charge on any atom is 0.187 e. The molecule has 0 saturated heterocycles. The summed E-state index contributed by atoms with van der Waals surface area (Å²) in [5.74, 6) is 0. The molecule has 0 fully saturated rings. The third-order valence-corrected chi connectivity index (χ3v) is 6.30. The van der Waals surface area contributed by atoms with Crippen molar-refractivity contribution in [3.8, 4) is 50.6 Å². The number of hydrogen-bond donors (Lipinski definition) is 0. The third kappa shape index (κ3) is 2.64. The summed E-state index contributed by atoms with van der Waals surface area (Å²) < 4.78 is 0. The second-order valence-corrected chi connectivity index (χ2v) is 8.00. The average molecular weight is 404 g/mol. The Bertz CT molecular complexity index is 1610. The molecule has 0 atom stereocenters. The van der Waals surface area contributed by atoms with E-state index in [9.17, 15) is 0 Å². The summed E-state index contributed by atoms with van der Waals surface area (Å²) in [6, 6.07) is 35.3. The van der Waals surface area contributed by atoms with Crippen molar-refractivity contribution in [1.29, 1.82) is 5.26 Å². The Labute approximate surface area is 186 Å². The van der Waals surface area contributed by atoms with Gasteiger partial charge < -0.3 is 0 Å². The average Bonchev–Trinajstić information content (AvgIpc) is 3.19. The normalized spacial score (nSPS) is 11.1. The van der Waals surface area contributed by atoms with E-state index >= 15 is 0 Å². The van der Waals surface area contributed by atoms with Gasteiger partial charge in [-0.25, -0.2) is 4.85 Å². The summed E-state index contributed by atoms with van der Waals surface area (Å²) >= 11 is 0. The molecule has 5 aromatic rings. The van der Waals surface area contributed by atoms with Crippen LogP contribution < -0.4 is 0 Å². The molecule has 0 N–H and O–H groups in total. The lowest BCUT2D eigenvalue weighted by molar-refractivity contribution is 1.48. The van der Waals surface area contributed by atoms with Gasteiger partial charge in [0.1, 0.15) is 0 Å². The largest absolute Gasteiger partial charge is 0.238 e. The van der Waals surface area contributed by atoms with E-state index in [1.165, 1.54) is 38.6 Å². The molecule has 0 spiro atoms. The number of hydrogen-bond acceptors (Lipinski definition) is 1. The SMILES string of the molecule is [C-]#[N+]c1ccc(-c2ccc3c4c(cccc24)-c2cc(-c4ccc(C#N)cc4)ccc2-3)cc1. The zero-order valence-electron chi connectivity index (χ0n) is 17.1. The van der Waals surface area contributed by atoms with Crippen molar-refractivity contribution < 1.29 is 0 Å². The minimum atomic E-state index is 0.655. The van der Waals surface area contributed by atoms with Crippen molar-refractivity contribution in [3.05, 3.63) is 114 Å². The predicted molar refractivity (Wildman–Crippen MR) is 130 cm³/mol. The molecule has 1 aliphatic carbocycles. The van der Waals surface area contributed by atoms with Crippen LogP contribution in [-0.4, -0.2) is 0 Å². The number of nitrogens with zero attached hydrogens (tertiary/aromatic N) is 2. The zero-order valence-corrected chi connectivity index (χ0v) is 17.1. The zero-order chi connectivity index (χ0) is 21.7. The Balaban J connectivity index is 1.52. The molecule has 0 bridgehead atoms. The Morgan fingerprint density at radius 3 is 2.00 bits per heavy atom. The molecular weight excluding hydrogens is 388 g/mol. The summed E-state index contributed by atoms with van der Waals surface area (Å²) in [5, 5.41) is 11.6. The van der Waals surface area contributed by atoms with Gasteiger partial charge in [0.05, 0.1) is 18.2 Å². The van der Waals surface area contributed by atoms with Crippen molar-refractivity contribution >= 4 is 16.5 Å². The van der Waals surface area contributed by atoms with E-state index in [0.29, 0.717) is 11.3 Å². The van der Waals surface area contributed by atoms with E-state index in [-0.39, 0.29) is 0 Å². The van der Waals surface area contributed by atoms with Crippen LogP contribution in [0.25, 0.3) is 60.1 Å². The van der Waals surface area contributed by atoms with Gasteiger partial charge in [-0.15, -0.1) is 0 Å². The van der Waals surface area contributed by atoms with E-state index in [2.05, 4.69) is 59.4 Å². The van der Waals surface area contributed by atoms with Gasteiger partial charge in [0, 0.05) is 0 Å². The Morgan fingerprint density at radius 1 is 0.594 bits per heavy atom. The first-order valence-corrected chi connectivity index (χ1v) is 10.5. The maximum atomic E-state index is 9.08. The fourth-order valence-electron chi connectivity index (χ4n) is 4.74. The number of fused-ring (bicyclic) bond motifs is 3. The highest BCUT2D eigenvalue weighted by Gasteiger charge is 2.23. The van der Waals surface area contributed by atoms with Gasteiger partial charge in [-0.3, -0.25) is 0 Å². The summed E-state index contributed by atoms with van der Waals surface area (Å²) in [6.07, 6.45) is 0. The Kier molecular flexibility index (Phi) is 3.94. The van der Waals surface area contributed by atoms with E-state index in [4.69, 9.17) is 11.8 Å². The monoisotopic (exact) mass is 404 g/mol. The van der Waals surface area contributed by atoms with Gasteiger partial charge in [0.15, 0.2) is 5.69 Å². The quantitative estimate of drug-likeness (QED) is 0.267. The van der Waals surface area contributed by atoms with E-state index in [0.717, 1.165) is 16.7 Å². The highest BCUT2D eigenvalue weighted by Crippen LogP contribution is 2.50. The molecule has 0 aromatic heterocycles. The van der Waals surface area contributed by atoms with E-state index < -0.39 is 0 Å². The lowest BCUT2D eigenvalue weighted by Crippen LogP contribution is -1.83. The molecular formula is C30H16N2. The molecule has 0 heterocycles. The highest BCUT2D eigenvalue weighted by atomic mass is 14.6. The molecule has 0 radical (unpaired) electrons. The Hall–Kier alpha value is -4.66. The van der Waals surface area contributed by atoms with Crippen molar-refractivity contribution in [2.45, 2.75) is 0 Å². The summed E-state index contributed by atoms with van der Waals surface area (Å²) in [7, 11) is 0. The summed E-state index contributed by atoms with van der Waals surface area (Å²) in [4.78, 5) is 3.51. The molecule has 0 saturated carbocycles. The topological polar surface area (TPSA) is 28.1 Å². The van der Waals surface area contributed by atoms with Gasteiger partial charge in [-0.2, -0.15) is 5.26 Å². The molecule has 0 aliphatic heterocycles. The third-order valence-electron chi connectivity index (χ3n) is 6.30. The molecule has 0 unspecified atom stereocenters. The molecule has 0 amide bonds. The molecule has 2 heteroatoms. The first-order valence-electron chi connectivity index (χ1n) is 10.5. The van der Waals surface area contributed by atoms with Crippen LogP contribution in [0.3, 0.4) is 0 Å². The molecule has 1 aliphatic rings. The van der Waals surface area contributed by atoms with Crippen LogP contribution in [0.4, 0.5) is 5.69 Å². The second-order valence-electron chi connectivity index (χ2n) is 8.00. The first kappa shape index (κ1) is 18.1. The Morgan fingerprint density at radius 2 is 1.25 bits per heavy atom. The molecule has 5 aromatic carbocycles. The first-order chi connectivity index (χ1) is 15.8. The van der Waals surface area contributed by atoms with E-state index in [1.54, 1.807) is 0 Å². The van der Waals surface area contributed by atoms with Gasteiger partial charge in [-0.05, 0) is 73.5 Å². The minimum Gasteiger partial charge on any atom is -0.238 e. The van der Waals surface area contributed by atoms with Gasteiger partial charge in [0.2, 0.25) is 0 Å². The smallest absolute Gasteiger partial charge is 0.187 e. The summed E-state index contributed by atoms with van der Waals surface area (Å²) in [6.45, 7) is 7.20. The molecule has 2 nitrogen and oxygen atoms in total. The van der Waals surface area contributed by atoms with Crippen LogP contribution in [-0.2, 0) is 0 Å². The fraction of sp³-hybridized carbons (Fsp3) is 0. The predicted octanol–water partition coefficient (Wildman–Crippen LogP) is 8.24. The molecule has 6 rings (SSSR count). The van der Waals surface area contributed by atoms with Gasteiger partial charge >= 0.3 is 0 Å². The lowest BCUT2D eigenvalue weighted by atomic mass is 9.94. The van der Waals surface area contributed by atoms with Gasteiger partial charge in [-0.1, -0.05) is 78.9 Å². The molecule has 146 valence electrons. The second kappa shape index (κ2) is 6.95. The highest BCUT2D eigenvalue weighted by molar-refractivity contribution is 6.19. The van der Waals surface area contributed by atoms with Crippen molar-refractivity contribution in [2.24, 2.45) is 0 Å². The van der Waals surface area contributed by atoms with Crippen molar-refractivity contribution in [1.82, 2.24) is 0 Å². The van der Waals surface area contributed by atoms with E-state index in [1.807, 2.05) is 48.5 Å². The van der Waals surface area contributed by atoms with Crippen LogP contribution in [0.15, 0.2) is 97.1 Å². The lowest BCUT2D eigenvalue weighted by Gasteiger charge is -2.09.